The Hall–Kier alpha value is -0.580. The summed E-state index contributed by atoms with van der Waals surface area (Å²) in [6.07, 6.45) is 1.11. The molecule has 0 saturated carbocycles. The highest BCUT2D eigenvalue weighted by Gasteiger charge is 2.17. The monoisotopic (exact) mass is 299 g/mol. The third-order valence-electron chi connectivity index (χ3n) is 2.30. The van der Waals surface area contributed by atoms with E-state index in [2.05, 4.69) is 45.7 Å². The summed E-state index contributed by atoms with van der Waals surface area (Å²) in [5, 5.41) is 5.59. The second-order valence-corrected chi connectivity index (χ2v) is 5.31. The van der Waals surface area contributed by atoms with Crippen molar-refractivity contribution in [3.8, 4) is 0 Å². The molecule has 0 radical (unpaired) electrons. The van der Waals surface area contributed by atoms with Crippen molar-refractivity contribution in [3.05, 3.63) is 45.0 Å². The molecule has 0 bridgehead atoms. The lowest BCUT2D eigenvalue weighted by Gasteiger charge is -2.14. The van der Waals surface area contributed by atoms with Gasteiger partial charge in [-0.2, -0.15) is 0 Å². The van der Waals surface area contributed by atoms with Crippen molar-refractivity contribution in [1.82, 2.24) is 5.32 Å². The summed E-state index contributed by atoms with van der Waals surface area (Å²) in [6, 6.07) is 8.32. The molecule has 4 heteroatoms. The van der Waals surface area contributed by atoms with Crippen LogP contribution in [0.1, 0.15) is 30.0 Å². The van der Waals surface area contributed by atoms with Crippen LogP contribution in [-0.2, 0) is 0 Å². The molecular weight excluding hydrogens is 286 g/mol. The van der Waals surface area contributed by atoms with Crippen LogP contribution in [0.25, 0.3) is 0 Å². The zero-order valence-electron chi connectivity index (χ0n) is 9.07. The van der Waals surface area contributed by atoms with E-state index < -0.39 is 0 Å². The number of nitrogens with one attached hydrogen (secondary N) is 1. The van der Waals surface area contributed by atoms with Crippen LogP contribution in [0, 0.1) is 0 Å². The van der Waals surface area contributed by atoms with Crippen LogP contribution in [0.4, 0.5) is 0 Å². The fraction of sp³-hybridized carbons (Fsp3) is 0.333. The predicted molar refractivity (Wildman–Crippen MR) is 70.9 cm³/mol. The van der Waals surface area contributed by atoms with Crippen molar-refractivity contribution >= 4 is 27.3 Å². The molecule has 2 nitrogen and oxygen atoms in total. The Morgan fingerprint density at radius 2 is 2.31 bits per heavy atom. The molecule has 16 heavy (non-hydrogen) atoms. The van der Waals surface area contributed by atoms with Crippen LogP contribution >= 0.6 is 27.3 Å². The number of halogens is 1. The summed E-state index contributed by atoms with van der Waals surface area (Å²) in [5.41, 5.74) is 0. The Balaban J connectivity index is 2.21. The topological polar surface area (TPSA) is 25.2 Å². The fourth-order valence-corrected chi connectivity index (χ4v) is 2.70. The van der Waals surface area contributed by atoms with Crippen molar-refractivity contribution in [3.63, 3.8) is 0 Å². The summed E-state index contributed by atoms with van der Waals surface area (Å²) < 4.78 is 6.41. The molecule has 0 aromatic carbocycles. The Bertz CT molecular complexity index is 424. The first-order valence-electron chi connectivity index (χ1n) is 5.33. The Kier molecular flexibility index (Phi) is 4.21. The van der Waals surface area contributed by atoms with Crippen molar-refractivity contribution in [2.75, 3.05) is 6.54 Å². The quantitative estimate of drug-likeness (QED) is 0.895. The van der Waals surface area contributed by atoms with Crippen LogP contribution in [0.15, 0.2) is 38.7 Å². The number of hydrogen-bond donors (Lipinski definition) is 1. The molecule has 0 spiro atoms. The van der Waals surface area contributed by atoms with Crippen molar-refractivity contribution in [2.24, 2.45) is 0 Å². The van der Waals surface area contributed by atoms with Gasteiger partial charge in [0.05, 0.1) is 0 Å². The highest BCUT2D eigenvalue weighted by atomic mass is 79.9. The number of thiophene rings is 1. The minimum atomic E-state index is 0.172. The Morgan fingerprint density at radius 1 is 1.44 bits per heavy atom. The molecule has 0 aliphatic carbocycles. The predicted octanol–water partition coefficient (Wildman–Crippen LogP) is 4.19. The summed E-state index contributed by atoms with van der Waals surface area (Å²) in [7, 11) is 0. The average molecular weight is 300 g/mol. The van der Waals surface area contributed by atoms with E-state index in [0.29, 0.717) is 0 Å². The largest absolute Gasteiger partial charge is 0.452 e. The van der Waals surface area contributed by atoms with Gasteiger partial charge in [0.2, 0.25) is 0 Å². The van der Waals surface area contributed by atoms with Gasteiger partial charge in [-0.25, -0.2) is 0 Å². The van der Waals surface area contributed by atoms with Gasteiger partial charge in [-0.3, -0.25) is 0 Å². The first-order valence-corrected chi connectivity index (χ1v) is 7.00. The number of hydrogen-bond acceptors (Lipinski definition) is 3. The maximum Gasteiger partial charge on any atom is 0.169 e. The molecule has 0 saturated heterocycles. The van der Waals surface area contributed by atoms with Gasteiger partial charge in [0, 0.05) is 4.88 Å². The van der Waals surface area contributed by atoms with E-state index in [9.17, 15) is 0 Å². The van der Waals surface area contributed by atoms with Crippen LogP contribution in [0.2, 0.25) is 0 Å². The molecule has 2 aromatic rings. The molecule has 86 valence electrons. The van der Waals surface area contributed by atoms with Gasteiger partial charge in [-0.15, -0.1) is 11.3 Å². The molecular formula is C12H14BrNOS. The van der Waals surface area contributed by atoms with E-state index in [1.54, 1.807) is 11.3 Å². The molecule has 0 amide bonds. The van der Waals surface area contributed by atoms with Gasteiger partial charge in [0.1, 0.15) is 11.8 Å². The van der Waals surface area contributed by atoms with Gasteiger partial charge >= 0.3 is 0 Å². The lowest BCUT2D eigenvalue weighted by molar-refractivity contribution is 0.436. The second kappa shape index (κ2) is 5.66. The standard InChI is InChI=1S/C12H14BrNOS/c1-2-7-14-12(10-4-3-8-16-10)9-5-6-11(13)15-9/h3-6,8,12,14H,2,7H2,1H3. The van der Waals surface area contributed by atoms with Crippen LogP contribution in [-0.4, -0.2) is 6.54 Å². The minimum Gasteiger partial charge on any atom is -0.452 e. The third-order valence-corrected chi connectivity index (χ3v) is 3.67. The SMILES string of the molecule is CCCNC(c1ccc(Br)o1)c1cccs1. The second-order valence-electron chi connectivity index (χ2n) is 3.54. The van der Waals surface area contributed by atoms with Gasteiger partial charge in [-0.05, 0) is 52.5 Å². The zero-order chi connectivity index (χ0) is 11.4. The molecule has 1 N–H and O–H groups in total. The summed E-state index contributed by atoms with van der Waals surface area (Å²) in [5.74, 6) is 0.961. The van der Waals surface area contributed by atoms with E-state index >= 15 is 0 Å². The molecule has 2 rings (SSSR count). The molecule has 0 fully saturated rings. The molecule has 2 heterocycles. The van der Waals surface area contributed by atoms with Crippen molar-refractivity contribution in [1.29, 1.82) is 0 Å². The summed E-state index contributed by atoms with van der Waals surface area (Å²) in [4.78, 5) is 1.29. The fourth-order valence-electron chi connectivity index (χ4n) is 1.57. The normalized spacial score (nSPS) is 12.9. The number of rotatable bonds is 5. The highest BCUT2D eigenvalue weighted by molar-refractivity contribution is 9.10. The van der Waals surface area contributed by atoms with Crippen LogP contribution in [0.5, 0.6) is 0 Å². The van der Waals surface area contributed by atoms with Crippen molar-refractivity contribution in [2.45, 2.75) is 19.4 Å². The molecule has 1 atom stereocenters. The molecule has 0 aliphatic rings. The highest BCUT2D eigenvalue weighted by Crippen LogP contribution is 2.28. The lowest BCUT2D eigenvalue weighted by atomic mass is 10.2. The van der Waals surface area contributed by atoms with E-state index in [4.69, 9.17) is 4.42 Å². The Labute approximate surface area is 108 Å². The van der Waals surface area contributed by atoms with Gasteiger partial charge in [0.15, 0.2) is 4.67 Å². The molecule has 0 aliphatic heterocycles. The third kappa shape index (κ3) is 2.75. The maximum absolute atomic E-state index is 5.63. The maximum atomic E-state index is 5.63. The van der Waals surface area contributed by atoms with Crippen LogP contribution in [0.3, 0.4) is 0 Å². The first-order chi connectivity index (χ1) is 7.81. The minimum absolute atomic E-state index is 0.172. The van der Waals surface area contributed by atoms with E-state index in [1.807, 2.05) is 12.1 Å². The lowest BCUT2D eigenvalue weighted by Crippen LogP contribution is -2.21. The summed E-state index contributed by atoms with van der Waals surface area (Å²) >= 11 is 5.09. The van der Waals surface area contributed by atoms with Gasteiger partial charge in [0.25, 0.3) is 0 Å². The van der Waals surface area contributed by atoms with Crippen molar-refractivity contribution < 1.29 is 4.42 Å². The summed E-state index contributed by atoms with van der Waals surface area (Å²) in [6.45, 7) is 3.15. The van der Waals surface area contributed by atoms with E-state index in [-0.39, 0.29) is 6.04 Å². The molecule has 1 unspecified atom stereocenters. The van der Waals surface area contributed by atoms with Crippen LogP contribution < -0.4 is 5.32 Å². The Morgan fingerprint density at radius 3 is 2.88 bits per heavy atom. The number of furan rings is 1. The smallest absolute Gasteiger partial charge is 0.169 e. The first kappa shape index (κ1) is 11.9. The molecule has 2 aromatic heterocycles. The van der Waals surface area contributed by atoms with E-state index in [1.165, 1.54) is 4.88 Å². The van der Waals surface area contributed by atoms with Gasteiger partial charge < -0.3 is 9.73 Å². The zero-order valence-corrected chi connectivity index (χ0v) is 11.5. The van der Waals surface area contributed by atoms with Gasteiger partial charge in [-0.1, -0.05) is 13.0 Å². The average Bonchev–Trinajstić information content (AvgIpc) is 2.91. The van der Waals surface area contributed by atoms with E-state index in [0.717, 1.165) is 23.4 Å².